The largest absolute Gasteiger partial charge is 0.481 e. The number of carbonyl (C=O) groups is 1. The lowest BCUT2D eigenvalue weighted by atomic mass is 9.85. The van der Waals surface area contributed by atoms with Gasteiger partial charge in [0.1, 0.15) is 0 Å². The van der Waals surface area contributed by atoms with Crippen molar-refractivity contribution < 1.29 is 9.90 Å². The average Bonchev–Trinajstić information content (AvgIpc) is 2.77. The minimum Gasteiger partial charge on any atom is -0.481 e. The molecule has 2 fully saturated rings. The van der Waals surface area contributed by atoms with E-state index in [1.807, 2.05) is 0 Å². The summed E-state index contributed by atoms with van der Waals surface area (Å²) in [5, 5.41) is 13.6. The molecule has 0 amide bonds. The van der Waals surface area contributed by atoms with Crippen LogP contribution in [0.2, 0.25) is 0 Å². The number of rotatable bonds is 5. The number of carboxylic acids is 1. The second-order valence-electron chi connectivity index (χ2n) is 5.65. The molecule has 0 heterocycles. The number of aliphatic carboxylic acids is 1. The molecular weight excluding hydrogens is 246 g/mol. The van der Waals surface area contributed by atoms with Gasteiger partial charge in [0, 0.05) is 17.3 Å². The predicted octanol–water partition coefficient (Wildman–Crippen LogP) is 2.89. The summed E-state index contributed by atoms with van der Waals surface area (Å²) in [5.74, 6) is 0.493. The van der Waals surface area contributed by atoms with Gasteiger partial charge in [-0.2, -0.15) is 11.8 Å². The van der Waals surface area contributed by atoms with Crippen molar-refractivity contribution in [2.24, 2.45) is 5.92 Å². The van der Waals surface area contributed by atoms with Crippen LogP contribution in [0.25, 0.3) is 0 Å². The molecule has 0 aliphatic heterocycles. The van der Waals surface area contributed by atoms with Crippen molar-refractivity contribution in [2.75, 3.05) is 5.75 Å². The fourth-order valence-electron chi connectivity index (χ4n) is 3.38. The molecule has 3 nitrogen and oxygen atoms in total. The van der Waals surface area contributed by atoms with E-state index in [0.29, 0.717) is 12.1 Å². The van der Waals surface area contributed by atoms with Gasteiger partial charge in [-0.25, -0.2) is 0 Å². The monoisotopic (exact) mass is 271 g/mol. The quantitative estimate of drug-likeness (QED) is 0.807. The van der Waals surface area contributed by atoms with E-state index in [4.69, 9.17) is 5.11 Å². The van der Waals surface area contributed by atoms with Crippen LogP contribution in [-0.4, -0.2) is 34.2 Å². The van der Waals surface area contributed by atoms with Crippen molar-refractivity contribution in [3.05, 3.63) is 0 Å². The molecule has 2 N–H and O–H groups in total. The molecule has 0 aromatic carbocycles. The average molecular weight is 271 g/mol. The van der Waals surface area contributed by atoms with Gasteiger partial charge in [0.15, 0.2) is 0 Å². The van der Waals surface area contributed by atoms with E-state index in [-0.39, 0.29) is 5.92 Å². The summed E-state index contributed by atoms with van der Waals surface area (Å²) >= 11 is 2.08. The van der Waals surface area contributed by atoms with Gasteiger partial charge in [0.2, 0.25) is 0 Å². The SMILES string of the molecule is CCSC1CCC(NC2CCCC(C(=O)O)C2)C1. The van der Waals surface area contributed by atoms with E-state index in [1.54, 1.807) is 0 Å². The van der Waals surface area contributed by atoms with Gasteiger partial charge in [-0.3, -0.25) is 4.79 Å². The first kappa shape index (κ1) is 14.2. The van der Waals surface area contributed by atoms with Crippen LogP contribution in [0, 0.1) is 5.92 Å². The second kappa shape index (κ2) is 6.80. The normalized spacial score (nSPS) is 36.7. The topological polar surface area (TPSA) is 49.3 Å². The van der Waals surface area contributed by atoms with Crippen LogP contribution in [0.15, 0.2) is 0 Å². The highest BCUT2D eigenvalue weighted by Crippen LogP contribution is 2.31. The van der Waals surface area contributed by atoms with Crippen molar-refractivity contribution in [3.63, 3.8) is 0 Å². The summed E-state index contributed by atoms with van der Waals surface area (Å²) < 4.78 is 0. The third-order valence-corrected chi connectivity index (χ3v) is 5.51. The molecule has 2 rings (SSSR count). The van der Waals surface area contributed by atoms with Crippen LogP contribution in [-0.2, 0) is 4.79 Å². The van der Waals surface area contributed by atoms with E-state index >= 15 is 0 Å². The molecule has 104 valence electrons. The predicted molar refractivity (Wildman–Crippen MR) is 76.1 cm³/mol. The van der Waals surface area contributed by atoms with Crippen molar-refractivity contribution in [3.8, 4) is 0 Å². The molecule has 4 unspecified atom stereocenters. The summed E-state index contributed by atoms with van der Waals surface area (Å²) in [5.41, 5.74) is 0. The molecule has 2 saturated carbocycles. The fourth-order valence-corrected chi connectivity index (χ4v) is 4.52. The standard InChI is InChI=1S/C14H25NO2S/c1-2-18-13-7-6-12(9-13)15-11-5-3-4-10(8-11)14(16)17/h10-13,15H,2-9H2,1H3,(H,16,17). The second-order valence-corrected chi connectivity index (χ2v) is 7.23. The van der Waals surface area contributed by atoms with Crippen LogP contribution in [0.1, 0.15) is 51.9 Å². The molecule has 2 aliphatic carbocycles. The molecule has 0 aromatic rings. The smallest absolute Gasteiger partial charge is 0.306 e. The summed E-state index contributed by atoms with van der Waals surface area (Å²) in [4.78, 5) is 11.0. The lowest BCUT2D eigenvalue weighted by molar-refractivity contribution is -0.143. The van der Waals surface area contributed by atoms with E-state index in [0.717, 1.165) is 30.9 Å². The maximum Gasteiger partial charge on any atom is 0.306 e. The first-order valence-corrected chi connectivity index (χ1v) is 8.34. The molecule has 0 radical (unpaired) electrons. The highest BCUT2D eigenvalue weighted by Gasteiger charge is 2.30. The number of hydrogen-bond donors (Lipinski definition) is 2. The van der Waals surface area contributed by atoms with Gasteiger partial charge in [-0.15, -0.1) is 0 Å². The van der Waals surface area contributed by atoms with E-state index < -0.39 is 5.97 Å². The lowest BCUT2D eigenvalue weighted by Gasteiger charge is -2.30. The molecule has 18 heavy (non-hydrogen) atoms. The Morgan fingerprint density at radius 2 is 2.00 bits per heavy atom. The molecule has 2 aliphatic rings. The Balaban J connectivity index is 1.74. The molecule has 4 heteroatoms. The Morgan fingerprint density at radius 1 is 1.22 bits per heavy atom. The van der Waals surface area contributed by atoms with Crippen LogP contribution in [0.3, 0.4) is 0 Å². The third kappa shape index (κ3) is 3.89. The molecular formula is C14H25NO2S. The lowest BCUT2D eigenvalue weighted by Crippen LogP contribution is -2.41. The number of nitrogens with one attached hydrogen (secondary N) is 1. The first-order chi connectivity index (χ1) is 8.69. The van der Waals surface area contributed by atoms with Gasteiger partial charge in [0.25, 0.3) is 0 Å². The molecule has 0 aromatic heterocycles. The highest BCUT2D eigenvalue weighted by atomic mass is 32.2. The number of hydrogen-bond acceptors (Lipinski definition) is 3. The van der Waals surface area contributed by atoms with Crippen LogP contribution < -0.4 is 5.32 Å². The van der Waals surface area contributed by atoms with Crippen LogP contribution in [0.4, 0.5) is 0 Å². The minimum atomic E-state index is -0.604. The maximum absolute atomic E-state index is 11.0. The van der Waals surface area contributed by atoms with E-state index in [2.05, 4.69) is 24.0 Å². The zero-order valence-electron chi connectivity index (χ0n) is 11.2. The van der Waals surface area contributed by atoms with Gasteiger partial charge in [0.05, 0.1) is 5.92 Å². The van der Waals surface area contributed by atoms with Crippen molar-refractivity contribution in [1.29, 1.82) is 0 Å². The zero-order valence-corrected chi connectivity index (χ0v) is 12.0. The minimum absolute atomic E-state index is 0.113. The Morgan fingerprint density at radius 3 is 2.72 bits per heavy atom. The highest BCUT2D eigenvalue weighted by molar-refractivity contribution is 7.99. The molecule has 0 bridgehead atoms. The molecule has 4 atom stereocenters. The van der Waals surface area contributed by atoms with Gasteiger partial charge < -0.3 is 10.4 Å². The summed E-state index contributed by atoms with van der Waals surface area (Å²) in [6, 6.07) is 1.07. The third-order valence-electron chi connectivity index (χ3n) is 4.28. The van der Waals surface area contributed by atoms with Gasteiger partial charge in [-0.05, 0) is 44.3 Å². The van der Waals surface area contributed by atoms with E-state index in [1.165, 1.54) is 25.0 Å². The number of thioether (sulfide) groups is 1. The Hall–Kier alpha value is -0.220. The molecule has 0 spiro atoms. The van der Waals surface area contributed by atoms with Crippen molar-refractivity contribution in [1.82, 2.24) is 5.32 Å². The zero-order chi connectivity index (χ0) is 13.0. The fraction of sp³-hybridized carbons (Fsp3) is 0.929. The Bertz CT molecular complexity index is 285. The number of carboxylic acid groups (broad SMARTS) is 1. The summed E-state index contributed by atoms with van der Waals surface area (Å²) in [6.07, 6.45) is 7.79. The van der Waals surface area contributed by atoms with Crippen molar-refractivity contribution in [2.45, 2.75) is 69.2 Å². The first-order valence-electron chi connectivity index (χ1n) is 7.29. The van der Waals surface area contributed by atoms with Crippen LogP contribution in [0.5, 0.6) is 0 Å². The summed E-state index contributed by atoms with van der Waals surface area (Å²) in [6.45, 7) is 2.23. The Labute approximate surface area is 114 Å². The van der Waals surface area contributed by atoms with Gasteiger partial charge >= 0.3 is 5.97 Å². The maximum atomic E-state index is 11.0. The van der Waals surface area contributed by atoms with Gasteiger partial charge in [-0.1, -0.05) is 13.3 Å². The molecule has 0 saturated heterocycles. The summed E-state index contributed by atoms with van der Waals surface area (Å²) in [7, 11) is 0. The van der Waals surface area contributed by atoms with Crippen molar-refractivity contribution >= 4 is 17.7 Å². The van der Waals surface area contributed by atoms with Crippen LogP contribution >= 0.6 is 11.8 Å². The van der Waals surface area contributed by atoms with E-state index in [9.17, 15) is 4.79 Å². The Kier molecular flexibility index (Phi) is 5.37.